The monoisotopic (exact) mass is 451 g/mol. The molecule has 1 atom stereocenters. The standard InChI is InChI=1S/C19H22FN5O3S2/c20-14-1-3-15(4-2-14)25-12-13(11-16(25)26)17(27)21-18-22-23-19(30-18)29-10-7-24-5-8-28-9-6-24/h1-4,13H,5-12H2,(H,21,22,27)/t13-/m0/s1. The molecule has 8 nitrogen and oxygen atoms in total. The van der Waals surface area contributed by atoms with Crippen molar-refractivity contribution in [3.63, 3.8) is 0 Å². The summed E-state index contributed by atoms with van der Waals surface area (Å²) in [6.45, 7) is 4.68. The third-order valence-electron chi connectivity index (χ3n) is 5.01. The van der Waals surface area contributed by atoms with Crippen molar-refractivity contribution in [1.82, 2.24) is 15.1 Å². The Bertz CT molecular complexity index is 889. The summed E-state index contributed by atoms with van der Waals surface area (Å²) >= 11 is 2.94. The van der Waals surface area contributed by atoms with E-state index in [4.69, 9.17) is 4.74 Å². The molecule has 1 aromatic carbocycles. The minimum Gasteiger partial charge on any atom is -0.379 e. The second-order valence-corrected chi connectivity index (χ2v) is 9.37. The Morgan fingerprint density at radius 3 is 2.80 bits per heavy atom. The van der Waals surface area contributed by atoms with Crippen molar-refractivity contribution in [3.8, 4) is 0 Å². The molecule has 2 aromatic rings. The van der Waals surface area contributed by atoms with Crippen molar-refractivity contribution in [2.75, 3.05) is 55.4 Å². The number of morpholine rings is 1. The summed E-state index contributed by atoms with van der Waals surface area (Å²) in [6.07, 6.45) is 0.114. The Kier molecular flexibility index (Phi) is 6.93. The molecule has 0 spiro atoms. The van der Waals surface area contributed by atoms with Crippen LogP contribution < -0.4 is 10.2 Å². The van der Waals surface area contributed by atoms with Crippen LogP contribution in [0.2, 0.25) is 0 Å². The summed E-state index contributed by atoms with van der Waals surface area (Å²) in [6, 6.07) is 5.68. The maximum atomic E-state index is 13.1. The van der Waals surface area contributed by atoms with E-state index in [1.54, 1.807) is 23.9 Å². The van der Waals surface area contributed by atoms with Crippen LogP contribution in [0.15, 0.2) is 28.6 Å². The molecule has 1 aromatic heterocycles. The van der Waals surface area contributed by atoms with Gasteiger partial charge in [0.1, 0.15) is 5.82 Å². The van der Waals surface area contributed by atoms with E-state index in [2.05, 4.69) is 20.4 Å². The highest BCUT2D eigenvalue weighted by Crippen LogP contribution is 2.28. The van der Waals surface area contributed by atoms with E-state index in [1.807, 2.05) is 0 Å². The van der Waals surface area contributed by atoms with Crippen LogP contribution >= 0.6 is 23.1 Å². The summed E-state index contributed by atoms with van der Waals surface area (Å²) < 4.78 is 19.2. The fourth-order valence-electron chi connectivity index (χ4n) is 3.37. The smallest absolute Gasteiger partial charge is 0.231 e. The van der Waals surface area contributed by atoms with Gasteiger partial charge < -0.3 is 15.0 Å². The molecule has 2 fully saturated rings. The molecule has 2 aliphatic rings. The number of amides is 2. The Morgan fingerprint density at radius 2 is 2.03 bits per heavy atom. The molecule has 11 heteroatoms. The maximum absolute atomic E-state index is 13.1. The van der Waals surface area contributed by atoms with Crippen LogP contribution in [0, 0.1) is 11.7 Å². The first-order valence-electron chi connectivity index (χ1n) is 9.72. The summed E-state index contributed by atoms with van der Waals surface area (Å²) in [5, 5.41) is 11.4. The lowest BCUT2D eigenvalue weighted by Crippen LogP contribution is -2.37. The number of rotatable bonds is 7. The van der Waals surface area contributed by atoms with Gasteiger partial charge in [0.05, 0.1) is 19.1 Å². The second kappa shape index (κ2) is 9.82. The van der Waals surface area contributed by atoms with Gasteiger partial charge in [-0.1, -0.05) is 23.1 Å². The summed E-state index contributed by atoms with van der Waals surface area (Å²) in [4.78, 5) is 28.7. The van der Waals surface area contributed by atoms with Gasteiger partial charge in [-0.15, -0.1) is 10.2 Å². The molecular formula is C19H22FN5O3S2. The highest BCUT2D eigenvalue weighted by Gasteiger charge is 2.35. The first-order valence-corrected chi connectivity index (χ1v) is 11.5. The molecule has 0 unspecified atom stereocenters. The molecule has 0 aliphatic carbocycles. The topological polar surface area (TPSA) is 87.7 Å². The van der Waals surface area contributed by atoms with Crippen molar-refractivity contribution in [2.24, 2.45) is 5.92 Å². The average molecular weight is 452 g/mol. The zero-order valence-corrected chi connectivity index (χ0v) is 17.9. The molecule has 160 valence electrons. The van der Waals surface area contributed by atoms with Crippen molar-refractivity contribution < 1.29 is 18.7 Å². The van der Waals surface area contributed by atoms with Crippen molar-refractivity contribution in [2.45, 2.75) is 10.8 Å². The molecule has 0 radical (unpaired) electrons. The molecular weight excluding hydrogens is 429 g/mol. The lowest BCUT2D eigenvalue weighted by molar-refractivity contribution is -0.122. The third kappa shape index (κ3) is 5.34. The van der Waals surface area contributed by atoms with Crippen LogP contribution in [-0.2, 0) is 14.3 Å². The highest BCUT2D eigenvalue weighted by molar-refractivity contribution is 8.01. The van der Waals surface area contributed by atoms with Gasteiger partial charge in [-0.05, 0) is 24.3 Å². The van der Waals surface area contributed by atoms with Gasteiger partial charge in [-0.25, -0.2) is 4.39 Å². The highest BCUT2D eigenvalue weighted by atomic mass is 32.2. The first-order chi connectivity index (χ1) is 14.6. The fraction of sp³-hybridized carbons (Fsp3) is 0.474. The number of carbonyl (C=O) groups is 2. The molecule has 1 N–H and O–H groups in total. The predicted octanol–water partition coefficient (Wildman–Crippen LogP) is 2.09. The Labute approximate surface area is 181 Å². The summed E-state index contributed by atoms with van der Waals surface area (Å²) in [5.41, 5.74) is 0.589. The molecule has 0 bridgehead atoms. The van der Waals surface area contributed by atoms with Gasteiger partial charge in [-0.2, -0.15) is 0 Å². The Morgan fingerprint density at radius 1 is 1.27 bits per heavy atom. The second-order valence-electron chi connectivity index (χ2n) is 7.05. The van der Waals surface area contributed by atoms with Crippen LogP contribution in [0.5, 0.6) is 0 Å². The van der Waals surface area contributed by atoms with Crippen molar-refractivity contribution in [1.29, 1.82) is 0 Å². The average Bonchev–Trinajstić information content (AvgIpc) is 3.36. The number of benzene rings is 1. The van der Waals surface area contributed by atoms with Crippen LogP contribution in [0.25, 0.3) is 0 Å². The van der Waals surface area contributed by atoms with Gasteiger partial charge in [-0.3, -0.25) is 14.5 Å². The molecule has 3 heterocycles. The van der Waals surface area contributed by atoms with Gasteiger partial charge in [0.15, 0.2) is 4.34 Å². The number of nitrogens with zero attached hydrogens (tertiary/aromatic N) is 4. The third-order valence-corrected chi connectivity index (χ3v) is 6.96. The van der Waals surface area contributed by atoms with E-state index in [1.165, 1.54) is 28.4 Å². The Balaban J connectivity index is 1.26. The zero-order chi connectivity index (χ0) is 20.9. The van der Waals surface area contributed by atoms with E-state index in [0.29, 0.717) is 10.8 Å². The number of hydrogen-bond acceptors (Lipinski definition) is 8. The van der Waals surface area contributed by atoms with Gasteiger partial charge in [0, 0.05) is 44.0 Å². The predicted molar refractivity (Wildman–Crippen MR) is 113 cm³/mol. The molecule has 30 heavy (non-hydrogen) atoms. The normalized spacial score (nSPS) is 20.0. The molecule has 0 saturated carbocycles. The van der Waals surface area contributed by atoms with E-state index in [9.17, 15) is 14.0 Å². The van der Waals surface area contributed by atoms with Crippen LogP contribution in [0.4, 0.5) is 15.2 Å². The van der Waals surface area contributed by atoms with Gasteiger partial charge in [0.2, 0.25) is 16.9 Å². The number of halogens is 1. The van der Waals surface area contributed by atoms with Crippen molar-refractivity contribution in [3.05, 3.63) is 30.1 Å². The quantitative estimate of drug-likeness (QED) is 0.509. The Hall–Kier alpha value is -2.08. The number of aromatic nitrogens is 2. The van der Waals surface area contributed by atoms with Gasteiger partial charge >= 0.3 is 0 Å². The molecule has 4 rings (SSSR count). The zero-order valence-electron chi connectivity index (χ0n) is 16.3. The van der Waals surface area contributed by atoms with Crippen LogP contribution in [0.3, 0.4) is 0 Å². The lowest BCUT2D eigenvalue weighted by atomic mass is 10.1. The number of nitrogens with one attached hydrogen (secondary N) is 1. The van der Waals surface area contributed by atoms with E-state index < -0.39 is 5.92 Å². The van der Waals surface area contributed by atoms with Crippen LogP contribution in [0.1, 0.15) is 6.42 Å². The minimum atomic E-state index is -0.483. The fourth-order valence-corrected chi connectivity index (χ4v) is 5.19. The van der Waals surface area contributed by atoms with E-state index >= 15 is 0 Å². The summed E-state index contributed by atoms with van der Waals surface area (Å²) in [7, 11) is 0. The van der Waals surface area contributed by atoms with E-state index in [-0.39, 0.29) is 30.6 Å². The molecule has 2 amide bonds. The molecule has 2 saturated heterocycles. The molecule has 2 aliphatic heterocycles. The largest absolute Gasteiger partial charge is 0.379 e. The number of carbonyl (C=O) groups excluding carboxylic acids is 2. The first kappa shape index (κ1) is 21.2. The maximum Gasteiger partial charge on any atom is 0.231 e. The van der Waals surface area contributed by atoms with Gasteiger partial charge in [0.25, 0.3) is 0 Å². The number of ether oxygens (including phenoxy) is 1. The number of anilines is 2. The lowest BCUT2D eigenvalue weighted by Gasteiger charge is -2.25. The minimum absolute atomic E-state index is 0.114. The van der Waals surface area contributed by atoms with E-state index in [0.717, 1.165) is 42.9 Å². The van der Waals surface area contributed by atoms with Crippen LogP contribution in [-0.4, -0.2) is 72.1 Å². The number of hydrogen-bond donors (Lipinski definition) is 1. The summed E-state index contributed by atoms with van der Waals surface area (Å²) in [5.74, 6) is -0.363. The number of thioether (sulfide) groups is 1. The SMILES string of the molecule is O=C(Nc1nnc(SCCN2CCOCC2)s1)[C@H]1CC(=O)N(c2ccc(F)cc2)C1. The van der Waals surface area contributed by atoms with Crippen molar-refractivity contribution >= 4 is 45.7 Å².